The second kappa shape index (κ2) is 1.88. The minimum Gasteiger partial charge on any atom is -0.370 e. The average Bonchev–Trinajstić information content (AvgIpc) is 2.71. The molecule has 3 fully saturated rings. The number of epoxide rings is 1. The van der Waals surface area contributed by atoms with Gasteiger partial charge in [-0.25, -0.2) is 0 Å². The van der Waals surface area contributed by atoms with Crippen molar-refractivity contribution < 1.29 is 8.95 Å². The van der Waals surface area contributed by atoms with E-state index in [-0.39, 0.29) is 5.60 Å². The fraction of sp³-hybridized carbons (Fsp3) is 1.00. The van der Waals surface area contributed by atoms with Crippen LogP contribution in [0.3, 0.4) is 0 Å². The minimum absolute atomic E-state index is 0.222. The molecule has 2 nitrogen and oxygen atoms in total. The van der Waals surface area contributed by atoms with Crippen LogP contribution in [0.5, 0.6) is 0 Å². The Bertz CT molecular complexity index is 204. The highest BCUT2D eigenvalue weighted by molar-refractivity contribution is 7.86. The maximum absolute atomic E-state index is 11.6. The normalized spacial score (nSPS) is 60.2. The fourth-order valence-corrected chi connectivity index (χ4v) is 4.71. The van der Waals surface area contributed by atoms with Crippen LogP contribution in [-0.4, -0.2) is 26.9 Å². The summed E-state index contributed by atoms with van der Waals surface area (Å²) in [4.78, 5) is 0. The van der Waals surface area contributed by atoms with Crippen molar-refractivity contribution in [3.8, 4) is 0 Å². The largest absolute Gasteiger partial charge is 0.370 e. The lowest BCUT2D eigenvalue weighted by Crippen LogP contribution is -2.33. The maximum atomic E-state index is 11.6. The highest BCUT2D eigenvalue weighted by Crippen LogP contribution is 2.48. The molecule has 3 saturated heterocycles. The molecule has 3 aliphatic rings. The molecule has 0 aromatic rings. The Kier molecular flexibility index (Phi) is 1.13. The number of fused-ring (bicyclic) bond motifs is 2. The summed E-state index contributed by atoms with van der Waals surface area (Å²) in [6.07, 6.45) is 4.52. The third-order valence-electron chi connectivity index (χ3n) is 3.22. The van der Waals surface area contributed by atoms with Crippen molar-refractivity contribution in [3.05, 3.63) is 0 Å². The van der Waals surface area contributed by atoms with Crippen LogP contribution in [0.2, 0.25) is 0 Å². The van der Waals surface area contributed by atoms with E-state index >= 15 is 0 Å². The van der Waals surface area contributed by atoms with Gasteiger partial charge in [-0.2, -0.15) is 0 Å². The summed E-state index contributed by atoms with van der Waals surface area (Å²) in [6, 6.07) is 0. The van der Waals surface area contributed by atoms with Gasteiger partial charge in [0.1, 0.15) is 0 Å². The Balaban J connectivity index is 1.91. The van der Waals surface area contributed by atoms with E-state index in [4.69, 9.17) is 4.74 Å². The van der Waals surface area contributed by atoms with Crippen molar-refractivity contribution >= 4 is 10.8 Å². The van der Waals surface area contributed by atoms with Crippen LogP contribution in [0.4, 0.5) is 0 Å². The van der Waals surface area contributed by atoms with Crippen LogP contribution < -0.4 is 0 Å². The van der Waals surface area contributed by atoms with Gasteiger partial charge in [0.25, 0.3) is 0 Å². The molecular formula is C8H12O2S. The third-order valence-corrected chi connectivity index (χ3v) is 5.34. The molecule has 3 rings (SSSR count). The lowest BCUT2D eigenvalue weighted by atomic mass is 10.0. The molecule has 3 aliphatic heterocycles. The average molecular weight is 172 g/mol. The molecule has 3 heterocycles. The van der Waals surface area contributed by atoms with Crippen LogP contribution in [0.25, 0.3) is 0 Å². The van der Waals surface area contributed by atoms with Gasteiger partial charge in [0.15, 0.2) is 0 Å². The van der Waals surface area contributed by atoms with Gasteiger partial charge in [-0.15, -0.1) is 0 Å². The van der Waals surface area contributed by atoms with E-state index in [1.54, 1.807) is 0 Å². The molecule has 0 saturated carbocycles. The van der Waals surface area contributed by atoms with Gasteiger partial charge >= 0.3 is 0 Å². The van der Waals surface area contributed by atoms with Crippen molar-refractivity contribution in [2.45, 2.75) is 41.8 Å². The Morgan fingerprint density at radius 2 is 1.82 bits per heavy atom. The molecule has 0 aromatic carbocycles. The summed E-state index contributed by atoms with van der Waals surface area (Å²) < 4.78 is 17.0. The molecular weight excluding hydrogens is 160 g/mol. The molecule has 0 N–H and O–H groups in total. The minimum atomic E-state index is -0.505. The zero-order valence-corrected chi connectivity index (χ0v) is 7.23. The first-order valence-corrected chi connectivity index (χ1v) is 5.60. The Labute approximate surface area is 68.8 Å². The predicted molar refractivity (Wildman–Crippen MR) is 42.9 cm³/mol. The monoisotopic (exact) mass is 172 g/mol. The van der Waals surface area contributed by atoms with Gasteiger partial charge < -0.3 is 4.74 Å². The summed E-state index contributed by atoms with van der Waals surface area (Å²) in [5, 5.41) is 0.965. The smallest absolute Gasteiger partial charge is 0.0939 e. The third kappa shape index (κ3) is 0.842. The van der Waals surface area contributed by atoms with Crippen molar-refractivity contribution in [1.29, 1.82) is 0 Å². The standard InChI is InChI=1S/C8H12O2S/c9-11-6-1-2-7(11)4-8(3-6)5-10-8/h6-7H,1-5H2. The molecule has 62 valence electrons. The molecule has 3 heteroatoms. The Morgan fingerprint density at radius 3 is 2.27 bits per heavy atom. The first kappa shape index (κ1) is 6.61. The van der Waals surface area contributed by atoms with E-state index in [1.165, 1.54) is 12.8 Å². The molecule has 2 atom stereocenters. The maximum Gasteiger partial charge on any atom is 0.0939 e. The van der Waals surface area contributed by atoms with Crippen molar-refractivity contribution in [2.75, 3.05) is 6.61 Å². The predicted octanol–water partition coefficient (Wildman–Crippen LogP) is 0.829. The zero-order chi connectivity index (χ0) is 7.47. The molecule has 0 aromatic heterocycles. The fourth-order valence-electron chi connectivity index (χ4n) is 2.50. The van der Waals surface area contributed by atoms with E-state index in [9.17, 15) is 4.21 Å². The number of hydrogen-bond acceptors (Lipinski definition) is 2. The van der Waals surface area contributed by atoms with Gasteiger partial charge in [-0.3, -0.25) is 4.21 Å². The Hall–Kier alpha value is 0.110. The second-order valence-electron chi connectivity index (χ2n) is 4.03. The molecule has 2 bridgehead atoms. The molecule has 0 amide bonds. The van der Waals surface area contributed by atoms with Gasteiger partial charge in [0.05, 0.1) is 12.2 Å². The lowest BCUT2D eigenvalue weighted by Gasteiger charge is -2.23. The zero-order valence-electron chi connectivity index (χ0n) is 6.41. The SMILES string of the molecule is O=S1C2CCC1CC1(CO1)C2. The number of rotatable bonds is 0. The van der Waals surface area contributed by atoms with E-state index in [2.05, 4.69) is 0 Å². The molecule has 2 unspecified atom stereocenters. The highest BCUT2D eigenvalue weighted by atomic mass is 32.2. The first-order chi connectivity index (χ1) is 5.29. The number of ether oxygens (including phenoxy) is 1. The van der Waals surface area contributed by atoms with Gasteiger partial charge in [0, 0.05) is 21.3 Å². The van der Waals surface area contributed by atoms with Gasteiger partial charge in [0.2, 0.25) is 0 Å². The van der Waals surface area contributed by atoms with Crippen LogP contribution in [0, 0.1) is 0 Å². The quantitative estimate of drug-likeness (QED) is 0.506. The summed E-state index contributed by atoms with van der Waals surface area (Å²) in [5.41, 5.74) is 0.222. The van der Waals surface area contributed by atoms with Crippen molar-refractivity contribution in [3.63, 3.8) is 0 Å². The first-order valence-electron chi connectivity index (χ1n) is 4.32. The molecule has 0 radical (unpaired) electrons. The summed E-state index contributed by atoms with van der Waals surface area (Å²) in [5.74, 6) is 0. The summed E-state index contributed by atoms with van der Waals surface area (Å²) in [6.45, 7) is 0.942. The number of hydrogen-bond donors (Lipinski definition) is 0. The van der Waals surface area contributed by atoms with E-state index in [0.29, 0.717) is 10.5 Å². The van der Waals surface area contributed by atoms with Gasteiger partial charge in [-0.1, -0.05) is 0 Å². The lowest BCUT2D eigenvalue weighted by molar-refractivity contribution is 0.272. The molecule has 1 spiro atoms. The van der Waals surface area contributed by atoms with Crippen LogP contribution in [-0.2, 0) is 15.5 Å². The van der Waals surface area contributed by atoms with E-state index in [1.807, 2.05) is 0 Å². The summed E-state index contributed by atoms with van der Waals surface area (Å²) >= 11 is 0. The van der Waals surface area contributed by atoms with Crippen LogP contribution in [0.15, 0.2) is 0 Å². The van der Waals surface area contributed by atoms with E-state index in [0.717, 1.165) is 19.4 Å². The van der Waals surface area contributed by atoms with Crippen molar-refractivity contribution in [1.82, 2.24) is 0 Å². The molecule has 0 aliphatic carbocycles. The van der Waals surface area contributed by atoms with Crippen LogP contribution in [0.1, 0.15) is 25.7 Å². The topological polar surface area (TPSA) is 29.6 Å². The van der Waals surface area contributed by atoms with Crippen LogP contribution >= 0.6 is 0 Å². The second-order valence-corrected chi connectivity index (χ2v) is 6.02. The Morgan fingerprint density at radius 1 is 1.27 bits per heavy atom. The molecule has 11 heavy (non-hydrogen) atoms. The van der Waals surface area contributed by atoms with Gasteiger partial charge in [-0.05, 0) is 25.7 Å². The highest BCUT2D eigenvalue weighted by Gasteiger charge is 2.55. The van der Waals surface area contributed by atoms with Crippen molar-refractivity contribution in [2.24, 2.45) is 0 Å². The summed E-state index contributed by atoms with van der Waals surface area (Å²) in [7, 11) is -0.505. The van der Waals surface area contributed by atoms with E-state index < -0.39 is 10.8 Å².